The smallest absolute Gasteiger partial charge is 0.252 e. The van der Waals surface area contributed by atoms with Gasteiger partial charge in [0.25, 0.3) is 5.91 Å². The molecule has 6 heteroatoms. The zero-order valence-corrected chi connectivity index (χ0v) is 15.9. The summed E-state index contributed by atoms with van der Waals surface area (Å²) >= 11 is 0. The molecule has 1 aromatic carbocycles. The summed E-state index contributed by atoms with van der Waals surface area (Å²) in [6, 6.07) is 8.19. The van der Waals surface area contributed by atoms with Crippen molar-refractivity contribution < 1.29 is 19.1 Å². The van der Waals surface area contributed by atoms with Gasteiger partial charge in [0.15, 0.2) is 0 Å². The Kier molecular flexibility index (Phi) is 5.08. The summed E-state index contributed by atoms with van der Waals surface area (Å²) in [7, 11) is 1.60. The molecule has 6 nitrogen and oxygen atoms in total. The first-order valence-electron chi connectivity index (χ1n) is 9.97. The van der Waals surface area contributed by atoms with Gasteiger partial charge in [-0.25, -0.2) is 0 Å². The number of ether oxygens (including phenoxy) is 2. The normalized spacial score (nSPS) is 24.3. The molecule has 1 atom stereocenters. The zero-order chi connectivity index (χ0) is 18.9. The maximum Gasteiger partial charge on any atom is 0.252 e. The molecule has 1 N–H and O–H groups in total. The summed E-state index contributed by atoms with van der Waals surface area (Å²) in [5.74, 6) is 0.829. The summed E-state index contributed by atoms with van der Waals surface area (Å²) in [6.07, 6.45) is 5.08. The lowest BCUT2D eigenvalue weighted by Gasteiger charge is -2.42. The molecule has 3 aliphatic rings. The lowest BCUT2D eigenvalue weighted by Crippen LogP contribution is -2.58. The molecule has 0 bridgehead atoms. The van der Waals surface area contributed by atoms with Crippen LogP contribution < -0.4 is 10.1 Å². The molecule has 0 spiro atoms. The summed E-state index contributed by atoms with van der Waals surface area (Å²) in [4.78, 5) is 27.6. The van der Waals surface area contributed by atoms with Crippen molar-refractivity contribution in [2.75, 3.05) is 26.8 Å². The first-order valence-corrected chi connectivity index (χ1v) is 9.97. The van der Waals surface area contributed by atoms with E-state index in [2.05, 4.69) is 5.32 Å². The molecule has 146 valence electrons. The third-order valence-corrected chi connectivity index (χ3v) is 6.36. The Hall–Kier alpha value is -2.08. The van der Waals surface area contributed by atoms with Gasteiger partial charge in [-0.2, -0.15) is 0 Å². The van der Waals surface area contributed by atoms with E-state index in [0.29, 0.717) is 45.0 Å². The molecule has 2 amide bonds. The van der Waals surface area contributed by atoms with Crippen molar-refractivity contribution in [3.8, 4) is 5.75 Å². The van der Waals surface area contributed by atoms with Crippen LogP contribution in [0.5, 0.6) is 5.75 Å². The van der Waals surface area contributed by atoms with Crippen molar-refractivity contribution in [1.82, 2.24) is 10.2 Å². The zero-order valence-electron chi connectivity index (χ0n) is 15.9. The fourth-order valence-corrected chi connectivity index (χ4v) is 4.23. The van der Waals surface area contributed by atoms with Gasteiger partial charge in [-0.1, -0.05) is 18.2 Å². The number of benzene rings is 1. The summed E-state index contributed by atoms with van der Waals surface area (Å²) in [5.41, 5.74) is 0.285. The van der Waals surface area contributed by atoms with Crippen LogP contribution in [0.4, 0.5) is 0 Å². The lowest BCUT2D eigenvalue weighted by molar-refractivity contribution is -0.156. The minimum Gasteiger partial charge on any atom is -0.492 e. The maximum absolute atomic E-state index is 13.0. The van der Waals surface area contributed by atoms with Gasteiger partial charge >= 0.3 is 0 Å². The summed E-state index contributed by atoms with van der Waals surface area (Å²) < 4.78 is 11.4. The number of nitrogens with one attached hydrogen (secondary N) is 1. The molecule has 1 unspecified atom stereocenters. The number of piperidine rings is 1. The Labute approximate surface area is 160 Å². The number of fused-ring (bicyclic) bond motifs is 1. The molecule has 27 heavy (non-hydrogen) atoms. The molecule has 0 radical (unpaired) electrons. The number of hydrogen-bond acceptors (Lipinski definition) is 4. The minimum absolute atomic E-state index is 0.0169. The van der Waals surface area contributed by atoms with Gasteiger partial charge in [0, 0.05) is 39.1 Å². The Morgan fingerprint density at radius 1 is 1.22 bits per heavy atom. The molecular formula is C21H28N2O4. The summed E-state index contributed by atoms with van der Waals surface area (Å²) in [6.45, 7) is 1.51. The van der Waals surface area contributed by atoms with E-state index in [9.17, 15) is 9.59 Å². The molecule has 2 fully saturated rings. The number of rotatable bonds is 4. The van der Waals surface area contributed by atoms with E-state index in [4.69, 9.17) is 9.47 Å². The van der Waals surface area contributed by atoms with E-state index in [1.165, 1.54) is 6.42 Å². The highest BCUT2D eigenvalue weighted by Crippen LogP contribution is 2.31. The van der Waals surface area contributed by atoms with E-state index < -0.39 is 5.60 Å². The number of hydrogen-bond donors (Lipinski definition) is 1. The van der Waals surface area contributed by atoms with Crippen LogP contribution in [-0.2, 0) is 20.7 Å². The minimum atomic E-state index is -0.804. The van der Waals surface area contributed by atoms with Crippen LogP contribution >= 0.6 is 0 Å². The fourth-order valence-electron chi connectivity index (χ4n) is 4.23. The van der Waals surface area contributed by atoms with Crippen LogP contribution in [-0.4, -0.2) is 55.2 Å². The third-order valence-electron chi connectivity index (χ3n) is 6.36. The van der Waals surface area contributed by atoms with Crippen LogP contribution in [0.2, 0.25) is 0 Å². The van der Waals surface area contributed by atoms with E-state index >= 15 is 0 Å². The molecule has 0 aromatic heterocycles. The van der Waals surface area contributed by atoms with Crippen LogP contribution in [0, 0.1) is 5.92 Å². The number of likely N-dealkylation sites (tertiary alicyclic amines) is 1. The molecule has 2 heterocycles. The molecule has 4 rings (SSSR count). The van der Waals surface area contributed by atoms with Gasteiger partial charge in [0.2, 0.25) is 5.91 Å². The van der Waals surface area contributed by atoms with E-state index in [1.807, 2.05) is 29.2 Å². The van der Waals surface area contributed by atoms with Gasteiger partial charge in [0.05, 0.1) is 5.92 Å². The van der Waals surface area contributed by atoms with E-state index in [-0.39, 0.29) is 17.7 Å². The highest BCUT2D eigenvalue weighted by Gasteiger charge is 2.44. The average Bonchev–Trinajstić information content (AvgIpc) is 2.69. The Morgan fingerprint density at radius 3 is 2.63 bits per heavy atom. The first-order chi connectivity index (χ1) is 13.1. The SMILES string of the molecule is COC1(C(=O)NC2CCC2)CCN(C(=O)C2COc3ccccc3C2)CC1. The largest absolute Gasteiger partial charge is 0.492 e. The Morgan fingerprint density at radius 2 is 1.96 bits per heavy atom. The summed E-state index contributed by atoms with van der Waals surface area (Å²) in [5, 5.41) is 3.11. The topological polar surface area (TPSA) is 67.9 Å². The second-order valence-corrected chi connectivity index (χ2v) is 7.94. The van der Waals surface area contributed by atoms with Crippen molar-refractivity contribution in [3.05, 3.63) is 29.8 Å². The number of methoxy groups -OCH3 is 1. The predicted octanol–water partition coefficient (Wildman–Crippen LogP) is 1.91. The molecule has 2 aliphatic heterocycles. The molecule has 1 aromatic rings. The molecule has 1 saturated heterocycles. The van der Waals surface area contributed by atoms with Crippen molar-refractivity contribution in [2.24, 2.45) is 5.92 Å². The number of nitrogens with zero attached hydrogens (tertiary/aromatic N) is 1. The predicted molar refractivity (Wildman–Crippen MR) is 100 cm³/mol. The number of carbonyl (C=O) groups excluding carboxylic acids is 2. The van der Waals surface area contributed by atoms with Gasteiger partial charge in [-0.15, -0.1) is 0 Å². The van der Waals surface area contributed by atoms with Crippen LogP contribution in [0.25, 0.3) is 0 Å². The molecule has 1 aliphatic carbocycles. The van der Waals surface area contributed by atoms with Gasteiger partial charge in [-0.3, -0.25) is 9.59 Å². The third kappa shape index (κ3) is 3.55. The van der Waals surface area contributed by atoms with Gasteiger partial charge in [0.1, 0.15) is 18.0 Å². The van der Waals surface area contributed by atoms with Crippen molar-refractivity contribution in [3.63, 3.8) is 0 Å². The standard InChI is InChI=1S/C21H28N2O4/c1-26-21(20(25)22-17-6-4-7-17)9-11-23(12-10-21)19(24)16-13-15-5-2-3-8-18(15)27-14-16/h2-3,5,8,16-17H,4,6-7,9-14H2,1H3,(H,22,25). The van der Waals surface area contributed by atoms with Crippen LogP contribution in [0.15, 0.2) is 24.3 Å². The highest BCUT2D eigenvalue weighted by molar-refractivity contribution is 5.86. The van der Waals surface area contributed by atoms with E-state index in [1.54, 1.807) is 7.11 Å². The monoisotopic (exact) mass is 372 g/mol. The highest BCUT2D eigenvalue weighted by atomic mass is 16.5. The second-order valence-electron chi connectivity index (χ2n) is 7.94. The number of amides is 2. The number of para-hydroxylation sites is 1. The fraction of sp³-hybridized carbons (Fsp3) is 0.619. The lowest BCUT2D eigenvalue weighted by atomic mass is 9.86. The van der Waals surface area contributed by atoms with Crippen molar-refractivity contribution in [1.29, 1.82) is 0 Å². The number of carbonyl (C=O) groups is 2. The van der Waals surface area contributed by atoms with Gasteiger partial charge < -0.3 is 19.7 Å². The average molecular weight is 372 g/mol. The molecule has 1 saturated carbocycles. The maximum atomic E-state index is 13.0. The van der Waals surface area contributed by atoms with Crippen molar-refractivity contribution >= 4 is 11.8 Å². The quantitative estimate of drug-likeness (QED) is 0.877. The van der Waals surface area contributed by atoms with Crippen LogP contribution in [0.3, 0.4) is 0 Å². The van der Waals surface area contributed by atoms with Crippen molar-refractivity contribution in [2.45, 2.75) is 50.2 Å². The van der Waals surface area contributed by atoms with E-state index in [0.717, 1.165) is 24.2 Å². The first kappa shape index (κ1) is 18.3. The molecular weight excluding hydrogens is 344 g/mol. The Balaban J connectivity index is 1.35. The van der Waals surface area contributed by atoms with Gasteiger partial charge in [-0.05, 0) is 37.3 Å². The Bertz CT molecular complexity index is 708. The second kappa shape index (κ2) is 7.50. The van der Waals surface area contributed by atoms with Crippen LogP contribution in [0.1, 0.15) is 37.7 Å².